The summed E-state index contributed by atoms with van der Waals surface area (Å²) in [6.45, 7) is 1.81. The monoisotopic (exact) mass is 479 g/mol. The Kier molecular flexibility index (Phi) is 8.09. The fraction of sp³-hybridized carbons (Fsp3) is 0.0800. The maximum Gasteiger partial charge on any atom is 0.266 e. The lowest BCUT2D eigenvalue weighted by atomic mass is 10.1. The third-order valence-electron chi connectivity index (χ3n) is 4.44. The summed E-state index contributed by atoms with van der Waals surface area (Å²) in [5, 5.41) is 15.4. The van der Waals surface area contributed by atoms with Crippen LogP contribution in [0, 0.1) is 18.3 Å². The predicted molar refractivity (Wildman–Crippen MR) is 130 cm³/mol. The van der Waals surface area contributed by atoms with Gasteiger partial charge in [-0.05, 0) is 61.0 Å². The molecule has 0 aliphatic heterocycles. The van der Waals surface area contributed by atoms with Crippen molar-refractivity contribution < 1.29 is 14.3 Å². The van der Waals surface area contributed by atoms with Gasteiger partial charge in [0.25, 0.3) is 11.8 Å². The second kappa shape index (κ2) is 11.2. The van der Waals surface area contributed by atoms with Gasteiger partial charge >= 0.3 is 0 Å². The van der Waals surface area contributed by atoms with Gasteiger partial charge in [-0.3, -0.25) is 9.59 Å². The summed E-state index contributed by atoms with van der Waals surface area (Å²) in [6, 6.07) is 20.6. The van der Waals surface area contributed by atoms with Gasteiger partial charge in [0.2, 0.25) is 0 Å². The van der Waals surface area contributed by atoms with Crippen molar-refractivity contribution in [2.75, 3.05) is 17.2 Å². The molecule has 3 rings (SSSR count). The van der Waals surface area contributed by atoms with Gasteiger partial charge in [-0.1, -0.05) is 53.0 Å². The summed E-state index contributed by atoms with van der Waals surface area (Å²) in [5.41, 5.74) is 2.59. The van der Waals surface area contributed by atoms with E-state index in [2.05, 4.69) is 10.6 Å². The molecule has 3 aromatic rings. The summed E-state index contributed by atoms with van der Waals surface area (Å²) in [5.74, 6) is -0.430. The highest BCUT2D eigenvalue weighted by atomic mass is 35.5. The maximum absolute atomic E-state index is 12.5. The third-order valence-corrected chi connectivity index (χ3v) is 5.00. The van der Waals surface area contributed by atoms with Gasteiger partial charge in [0.05, 0.1) is 10.7 Å². The molecular formula is C25H19Cl2N3O3. The van der Waals surface area contributed by atoms with Crippen molar-refractivity contribution in [2.45, 2.75) is 6.92 Å². The van der Waals surface area contributed by atoms with Gasteiger partial charge in [-0.25, -0.2) is 0 Å². The number of aryl methyl sites for hydroxylation is 1. The number of amides is 2. The van der Waals surface area contributed by atoms with Crippen molar-refractivity contribution in [3.8, 4) is 11.8 Å². The third kappa shape index (κ3) is 7.11. The zero-order valence-corrected chi connectivity index (χ0v) is 19.1. The van der Waals surface area contributed by atoms with Crippen molar-refractivity contribution in [3.05, 3.63) is 93.5 Å². The number of hydrogen-bond acceptors (Lipinski definition) is 4. The SMILES string of the molecule is Cc1ccc(NC(=O)COc2ccc(/C=C(/C#N)C(=O)Nc3cc(Cl)ccc3Cl)cc2)cc1. The minimum absolute atomic E-state index is 0.114. The number of anilines is 2. The van der Waals surface area contributed by atoms with Gasteiger partial charge in [-0.15, -0.1) is 0 Å². The molecule has 0 atom stereocenters. The zero-order chi connectivity index (χ0) is 23.8. The predicted octanol–water partition coefficient (Wildman–Crippen LogP) is 5.87. The Morgan fingerprint density at radius 2 is 1.70 bits per heavy atom. The molecule has 0 bridgehead atoms. The number of halogens is 2. The lowest BCUT2D eigenvalue weighted by molar-refractivity contribution is -0.118. The minimum Gasteiger partial charge on any atom is -0.484 e. The number of carbonyl (C=O) groups is 2. The van der Waals surface area contributed by atoms with E-state index in [-0.39, 0.29) is 18.1 Å². The maximum atomic E-state index is 12.5. The Morgan fingerprint density at radius 3 is 2.36 bits per heavy atom. The summed E-state index contributed by atoms with van der Waals surface area (Å²) >= 11 is 12.0. The van der Waals surface area contributed by atoms with Crippen LogP contribution >= 0.6 is 23.2 Å². The largest absolute Gasteiger partial charge is 0.484 e. The first-order chi connectivity index (χ1) is 15.8. The molecule has 0 spiro atoms. The van der Waals surface area contributed by atoms with Gasteiger partial charge < -0.3 is 15.4 Å². The highest BCUT2D eigenvalue weighted by molar-refractivity contribution is 6.36. The lowest BCUT2D eigenvalue weighted by Crippen LogP contribution is -2.20. The van der Waals surface area contributed by atoms with Crippen LogP contribution in [0.25, 0.3) is 6.08 Å². The summed E-state index contributed by atoms with van der Waals surface area (Å²) < 4.78 is 5.50. The molecule has 0 radical (unpaired) electrons. The van der Waals surface area contributed by atoms with E-state index >= 15 is 0 Å². The molecule has 0 aliphatic rings. The average molecular weight is 480 g/mol. The first kappa shape index (κ1) is 23.9. The van der Waals surface area contributed by atoms with E-state index in [4.69, 9.17) is 27.9 Å². The number of benzene rings is 3. The summed E-state index contributed by atoms with van der Waals surface area (Å²) in [4.78, 5) is 24.5. The molecule has 0 heterocycles. The summed E-state index contributed by atoms with van der Waals surface area (Å²) in [6.07, 6.45) is 1.43. The van der Waals surface area contributed by atoms with E-state index in [0.29, 0.717) is 32.7 Å². The Labute approximate surface area is 201 Å². The zero-order valence-electron chi connectivity index (χ0n) is 17.6. The molecule has 2 N–H and O–H groups in total. The number of nitriles is 1. The number of rotatable bonds is 7. The van der Waals surface area contributed by atoms with E-state index in [1.54, 1.807) is 36.4 Å². The van der Waals surface area contributed by atoms with Crippen LogP contribution in [0.2, 0.25) is 10.0 Å². The van der Waals surface area contributed by atoms with Crippen molar-refractivity contribution >= 4 is 52.5 Å². The van der Waals surface area contributed by atoms with E-state index in [1.165, 1.54) is 12.1 Å². The standard InChI is InChI=1S/C25H19Cl2N3O3/c1-16-2-7-20(8-3-16)29-24(31)15-33-21-9-4-17(5-10-21)12-18(14-28)25(32)30-23-13-19(26)6-11-22(23)27/h2-13H,15H2,1H3,(H,29,31)(H,30,32)/b18-12-. The van der Waals surface area contributed by atoms with Crippen LogP contribution in [0.3, 0.4) is 0 Å². The molecule has 0 saturated heterocycles. The van der Waals surface area contributed by atoms with Crippen molar-refractivity contribution in [1.29, 1.82) is 5.26 Å². The van der Waals surface area contributed by atoms with Gasteiger partial charge in [0.15, 0.2) is 6.61 Å². The van der Waals surface area contributed by atoms with Crippen LogP contribution in [-0.2, 0) is 9.59 Å². The van der Waals surface area contributed by atoms with Crippen molar-refractivity contribution in [2.24, 2.45) is 0 Å². The normalized spacial score (nSPS) is 10.8. The van der Waals surface area contributed by atoms with Gasteiger partial charge in [0.1, 0.15) is 17.4 Å². The second-order valence-corrected chi connectivity index (χ2v) is 7.86. The van der Waals surface area contributed by atoms with E-state index in [9.17, 15) is 14.9 Å². The molecule has 2 amide bonds. The molecule has 0 aliphatic carbocycles. The molecule has 0 unspecified atom stereocenters. The Bertz CT molecular complexity index is 1230. The van der Waals surface area contributed by atoms with Crippen molar-refractivity contribution in [1.82, 2.24) is 0 Å². The lowest BCUT2D eigenvalue weighted by Gasteiger charge is -2.08. The van der Waals surface area contributed by atoms with Crippen LogP contribution in [0.5, 0.6) is 5.75 Å². The van der Waals surface area contributed by atoms with Crippen LogP contribution < -0.4 is 15.4 Å². The molecule has 6 nitrogen and oxygen atoms in total. The Hall–Kier alpha value is -3.79. The highest BCUT2D eigenvalue weighted by Crippen LogP contribution is 2.26. The highest BCUT2D eigenvalue weighted by Gasteiger charge is 2.12. The Balaban J connectivity index is 1.59. The van der Waals surface area contributed by atoms with E-state index < -0.39 is 5.91 Å². The summed E-state index contributed by atoms with van der Waals surface area (Å²) in [7, 11) is 0. The molecule has 0 saturated carbocycles. The van der Waals surface area contributed by atoms with E-state index in [1.807, 2.05) is 37.3 Å². The molecule has 0 fully saturated rings. The molecule has 33 heavy (non-hydrogen) atoms. The smallest absolute Gasteiger partial charge is 0.266 e. The Morgan fingerprint density at radius 1 is 1.00 bits per heavy atom. The first-order valence-electron chi connectivity index (χ1n) is 9.81. The topological polar surface area (TPSA) is 91.2 Å². The van der Waals surface area contributed by atoms with Crippen molar-refractivity contribution in [3.63, 3.8) is 0 Å². The molecule has 3 aromatic carbocycles. The van der Waals surface area contributed by atoms with E-state index in [0.717, 1.165) is 5.56 Å². The first-order valence-corrected chi connectivity index (χ1v) is 10.6. The van der Waals surface area contributed by atoms with Crippen LogP contribution in [0.4, 0.5) is 11.4 Å². The van der Waals surface area contributed by atoms with Gasteiger partial charge in [0, 0.05) is 10.7 Å². The fourth-order valence-electron chi connectivity index (χ4n) is 2.74. The minimum atomic E-state index is -0.616. The second-order valence-electron chi connectivity index (χ2n) is 7.02. The quantitative estimate of drug-likeness (QED) is 0.327. The number of nitrogens with one attached hydrogen (secondary N) is 2. The fourth-order valence-corrected chi connectivity index (χ4v) is 3.08. The molecule has 8 heteroatoms. The molecule has 166 valence electrons. The number of hydrogen-bond donors (Lipinski definition) is 2. The van der Waals surface area contributed by atoms with Crippen LogP contribution in [0.15, 0.2) is 72.3 Å². The van der Waals surface area contributed by atoms with Crippen LogP contribution in [0.1, 0.15) is 11.1 Å². The number of nitrogens with zero attached hydrogens (tertiary/aromatic N) is 1. The molecular weight excluding hydrogens is 461 g/mol. The molecule has 0 aromatic heterocycles. The van der Waals surface area contributed by atoms with Gasteiger partial charge in [-0.2, -0.15) is 5.26 Å². The number of carbonyl (C=O) groups excluding carboxylic acids is 2. The average Bonchev–Trinajstić information content (AvgIpc) is 2.80. The number of ether oxygens (including phenoxy) is 1. The van der Waals surface area contributed by atoms with Crippen LogP contribution in [-0.4, -0.2) is 18.4 Å².